The summed E-state index contributed by atoms with van der Waals surface area (Å²) in [4.78, 5) is 16.6. The molecule has 1 heterocycles. The molecule has 2 atom stereocenters. The number of carbonyl (C=O) groups is 1. The Labute approximate surface area is 137 Å². The lowest BCUT2D eigenvalue weighted by Gasteiger charge is -2.17. The molecule has 23 heavy (non-hydrogen) atoms. The standard InChI is InChI=1S/C19H22N2O2/c1-4-6-12-17(5-2)23-19(22)18-13-20-14-21(18)15(3)16-10-8-7-9-11-16/h7-11,13-15,17H,4-5H2,1-3H3/t15-,17?/m1/s1. The number of nitrogens with zero attached hydrogens (tertiary/aromatic N) is 2. The molecule has 4 heteroatoms. The first-order valence-electron chi connectivity index (χ1n) is 7.93. The van der Waals surface area contributed by atoms with Crippen LogP contribution in [0.5, 0.6) is 0 Å². The summed E-state index contributed by atoms with van der Waals surface area (Å²) in [6, 6.07) is 9.99. The summed E-state index contributed by atoms with van der Waals surface area (Å²) in [5.74, 6) is 5.55. The SMILES string of the molecule is CCC#CC(CC)OC(=O)c1cncn1[C@H](C)c1ccccc1. The Morgan fingerprint density at radius 1 is 1.30 bits per heavy atom. The van der Waals surface area contributed by atoms with Gasteiger partial charge < -0.3 is 9.30 Å². The van der Waals surface area contributed by atoms with E-state index in [0.29, 0.717) is 12.1 Å². The van der Waals surface area contributed by atoms with Crippen molar-refractivity contribution >= 4 is 5.97 Å². The maximum Gasteiger partial charge on any atom is 0.357 e. The van der Waals surface area contributed by atoms with Gasteiger partial charge in [-0.2, -0.15) is 0 Å². The molecule has 0 aliphatic carbocycles. The first kappa shape index (κ1) is 16.8. The van der Waals surface area contributed by atoms with Gasteiger partial charge in [0.15, 0.2) is 6.10 Å². The van der Waals surface area contributed by atoms with E-state index in [0.717, 1.165) is 12.0 Å². The Morgan fingerprint density at radius 2 is 2.04 bits per heavy atom. The summed E-state index contributed by atoms with van der Waals surface area (Å²) in [6.07, 6.45) is 4.24. The van der Waals surface area contributed by atoms with E-state index in [4.69, 9.17) is 4.74 Å². The van der Waals surface area contributed by atoms with E-state index in [1.54, 1.807) is 12.5 Å². The normalized spacial score (nSPS) is 12.8. The monoisotopic (exact) mass is 310 g/mol. The van der Waals surface area contributed by atoms with Crippen LogP contribution < -0.4 is 0 Å². The fourth-order valence-electron chi connectivity index (χ4n) is 2.28. The van der Waals surface area contributed by atoms with Crippen molar-refractivity contribution in [2.24, 2.45) is 0 Å². The van der Waals surface area contributed by atoms with Crippen molar-refractivity contribution in [2.45, 2.75) is 45.8 Å². The van der Waals surface area contributed by atoms with Crippen LogP contribution >= 0.6 is 0 Å². The molecule has 2 aromatic rings. The highest BCUT2D eigenvalue weighted by Crippen LogP contribution is 2.20. The zero-order valence-corrected chi connectivity index (χ0v) is 13.8. The van der Waals surface area contributed by atoms with Gasteiger partial charge in [0.2, 0.25) is 0 Å². The first-order valence-corrected chi connectivity index (χ1v) is 7.93. The molecule has 1 aromatic heterocycles. The number of imidazole rings is 1. The summed E-state index contributed by atoms with van der Waals surface area (Å²) in [7, 11) is 0. The van der Waals surface area contributed by atoms with Crippen LogP contribution in [0.3, 0.4) is 0 Å². The van der Waals surface area contributed by atoms with E-state index in [9.17, 15) is 4.79 Å². The lowest BCUT2D eigenvalue weighted by Crippen LogP contribution is -2.20. The van der Waals surface area contributed by atoms with Crippen LogP contribution in [0.25, 0.3) is 0 Å². The van der Waals surface area contributed by atoms with Gasteiger partial charge >= 0.3 is 5.97 Å². The van der Waals surface area contributed by atoms with E-state index < -0.39 is 0 Å². The highest BCUT2D eigenvalue weighted by Gasteiger charge is 2.20. The molecule has 0 N–H and O–H groups in total. The number of ether oxygens (including phenoxy) is 1. The van der Waals surface area contributed by atoms with Crippen molar-refractivity contribution in [2.75, 3.05) is 0 Å². The van der Waals surface area contributed by atoms with Gasteiger partial charge in [-0.3, -0.25) is 0 Å². The van der Waals surface area contributed by atoms with Crippen LogP contribution in [0.2, 0.25) is 0 Å². The topological polar surface area (TPSA) is 44.1 Å². The minimum Gasteiger partial charge on any atom is -0.444 e. The second-order valence-corrected chi connectivity index (χ2v) is 5.25. The number of hydrogen-bond donors (Lipinski definition) is 0. The molecule has 2 rings (SSSR count). The van der Waals surface area contributed by atoms with Crippen LogP contribution in [0.4, 0.5) is 0 Å². The molecule has 0 bridgehead atoms. The average Bonchev–Trinajstić information content (AvgIpc) is 3.08. The maximum absolute atomic E-state index is 12.4. The van der Waals surface area contributed by atoms with Crippen molar-refractivity contribution in [3.63, 3.8) is 0 Å². The summed E-state index contributed by atoms with van der Waals surface area (Å²) in [5.41, 5.74) is 1.55. The molecule has 0 amide bonds. The van der Waals surface area contributed by atoms with E-state index in [1.165, 1.54) is 0 Å². The number of carbonyl (C=O) groups excluding carboxylic acids is 1. The molecule has 0 radical (unpaired) electrons. The molecule has 0 saturated heterocycles. The zero-order chi connectivity index (χ0) is 16.7. The number of rotatable bonds is 5. The molecular formula is C19H22N2O2. The second-order valence-electron chi connectivity index (χ2n) is 5.25. The Morgan fingerprint density at radius 3 is 2.70 bits per heavy atom. The van der Waals surface area contributed by atoms with Gasteiger partial charge in [0, 0.05) is 6.42 Å². The lowest BCUT2D eigenvalue weighted by atomic mass is 10.1. The number of aromatic nitrogens is 2. The predicted octanol–water partition coefficient (Wildman–Crippen LogP) is 3.84. The van der Waals surface area contributed by atoms with Gasteiger partial charge in [-0.15, -0.1) is 0 Å². The zero-order valence-electron chi connectivity index (χ0n) is 13.8. The smallest absolute Gasteiger partial charge is 0.357 e. The molecule has 1 unspecified atom stereocenters. The first-order chi connectivity index (χ1) is 11.2. The largest absolute Gasteiger partial charge is 0.444 e. The molecule has 0 fully saturated rings. The highest BCUT2D eigenvalue weighted by molar-refractivity contribution is 5.87. The summed E-state index contributed by atoms with van der Waals surface area (Å²) in [5, 5.41) is 0. The Balaban J connectivity index is 2.18. The van der Waals surface area contributed by atoms with Crippen molar-refractivity contribution in [1.82, 2.24) is 9.55 Å². The van der Waals surface area contributed by atoms with Crippen molar-refractivity contribution in [3.05, 3.63) is 54.1 Å². The summed E-state index contributed by atoms with van der Waals surface area (Å²) in [6.45, 7) is 5.95. The van der Waals surface area contributed by atoms with Crippen molar-refractivity contribution in [1.29, 1.82) is 0 Å². The number of hydrogen-bond acceptors (Lipinski definition) is 3. The predicted molar refractivity (Wildman–Crippen MR) is 90.0 cm³/mol. The third-order valence-electron chi connectivity index (χ3n) is 3.63. The van der Waals surface area contributed by atoms with Gasteiger partial charge in [0.25, 0.3) is 0 Å². The Kier molecular flexibility index (Phi) is 5.99. The molecule has 0 aliphatic rings. The average molecular weight is 310 g/mol. The molecule has 120 valence electrons. The molecule has 0 aliphatic heterocycles. The van der Waals surface area contributed by atoms with Gasteiger partial charge in [-0.05, 0) is 18.9 Å². The molecule has 1 aromatic carbocycles. The molecule has 4 nitrogen and oxygen atoms in total. The van der Waals surface area contributed by atoms with Gasteiger partial charge in [-0.1, -0.05) is 56.0 Å². The summed E-state index contributed by atoms with van der Waals surface area (Å²) < 4.78 is 7.33. The van der Waals surface area contributed by atoms with Crippen LogP contribution in [-0.2, 0) is 4.74 Å². The van der Waals surface area contributed by atoms with E-state index >= 15 is 0 Å². The highest BCUT2D eigenvalue weighted by atomic mass is 16.5. The van der Waals surface area contributed by atoms with Crippen LogP contribution in [-0.4, -0.2) is 21.6 Å². The second kappa shape index (κ2) is 8.19. The van der Waals surface area contributed by atoms with Crippen molar-refractivity contribution < 1.29 is 9.53 Å². The van der Waals surface area contributed by atoms with E-state index in [2.05, 4.69) is 16.8 Å². The minimum absolute atomic E-state index is 0.00283. The minimum atomic E-state index is -0.387. The third-order valence-corrected chi connectivity index (χ3v) is 3.63. The number of esters is 1. The van der Waals surface area contributed by atoms with E-state index in [1.807, 2.05) is 55.7 Å². The molecular weight excluding hydrogens is 288 g/mol. The van der Waals surface area contributed by atoms with Crippen LogP contribution in [0.15, 0.2) is 42.9 Å². The van der Waals surface area contributed by atoms with Crippen LogP contribution in [0, 0.1) is 11.8 Å². The third kappa shape index (κ3) is 4.23. The Hall–Kier alpha value is -2.54. The quantitative estimate of drug-likeness (QED) is 0.622. The molecule has 0 spiro atoms. The van der Waals surface area contributed by atoms with Crippen molar-refractivity contribution in [3.8, 4) is 11.8 Å². The fourth-order valence-corrected chi connectivity index (χ4v) is 2.28. The van der Waals surface area contributed by atoms with Gasteiger partial charge in [0.1, 0.15) is 5.69 Å². The number of benzene rings is 1. The summed E-state index contributed by atoms with van der Waals surface area (Å²) >= 11 is 0. The Bertz CT molecular complexity index is 695. The van der Waals surface area contributed by atoms with Gasteiger partial charge in [-0.25, -0.2) is 9.78 Å². The maximum atomic E-state index is 12.4. The van der Waals surface area contributed by atoms with Gasteiger partial charge in [0.05, 0.1) is 18.6 Å². The lowest BCUT2D eigenvalue weighted by molar-refractivity contribution is 0.0391. The molecule has 0 saturated carbocycles. The van der Waals surface area contributed by atoms with Crippen LogP contribution in [0.1, 0.15) is 55.7 Å². The van der Waals surface area contributed by atoms with E-state index in [-0.39, 0.29) is 18.1 Å². The fraction of sp³-hybridized carbons (Fsp3) is 0.368.